The normalized spacial score (nSPS) is 9.93. The van der Waals surface area contributed by atoms with Gasteiger partial charge in [0, 0.05) is 11.8 Å². The second-order valence-corrected chi connectivity index (χ2v) is 6.00. The van der Waals surface area contributed by atoms with Crippen molar-refractivity contribution in [1.29, 1.82) is 0 Å². The van der Waals surface area contributed by atoms with Crippen molar-refractivity contribution >= 4 is 0 Å². The van der Waals surface area contributed by atoms with Gasteiger partial charge in [-0.25, -0.2) is 4.98 Å². The lowest BCUT2D eigenvalue weighted by atomic mass is 10.1. The van der Waals surface area contributed by atoms with Crippen molar-refractivity contribution in [3.05, 3.63) is 60.6 Å². The van der Waals surface area contributed by atoms with Crippen molar-refractivity contribution < 1.29 is 4.42 Å². The third-order valence-corrected chi connectivity index (χ3v) is 3.61. The SMILES string of the molecule is CC.CC(C)c1cnnc(-c2cnco2)c1.Cc1cnnc(-c2cn[nH]c2)c1. The molecule has 0 unspecified atom stereocenters. The Kier molecular flexibility index (Phi) is 7.95. The number of aryl methyl sites for hydroxylation is 1. The van der Waals surface area contributed by atoms with Gasteiger partial charge in [-0.05, 0) is 36.1 Å². The highest BCUT2D eigenvalue weighted by molar-refractivity contribution is 5.56. The summed E-state index contributed by atoms with van der Waals surface area (Å²) in [4.78, 5) is 3.84. The van der Waals surface area contributed by atoms with Crippen LogP contribution in [0.1, 0.15) is 44.7 Å². The Bertz CT molecular complexity index is 935. The molecule has 1 N–H and O–H groups in total. The highest BCUT2D eigenvalue weighted by Gasteiger charge is 2.06. The Morgan fingerprint density at radius 3 is 2.29 bits per heavy atom. The van der Waals surface area contributed by atoms with Crippen LogP contribution in [0.5, 0.6) is 0 Å². The van der Waals surface area contributed by atoms with E-state index in [0.717, 1.165) is 28.1 Å². The number of rotatable bonds is 3. The zero-order valence-corrected chi connectivity index (χ0v) is 16.8. The van der Waals surface area contributed by atoms with E-state index in [4.69, 9.17) is 4.42 Å². The summed E-state index contributed by atoms with van der Waals surface area (Å²) >= 11 is 0. The average Bonchev–Trinajstić information content (AvgIpc) is 3.44. The third-order valence-electron chi connectivity index (χ3n) is 3.61. The van der Waals surface area contributed by atoms with Crippen LogP contribution >= 0.6 is 0 Å². The van der Waals surface area contributed by atoms with Crippen LogP contribution in [0.3, 0.4) is 0 Å². The molecule has 0 aromatic carbocycles. The highest BCUT2D eigenvalue weighted by atomic mass is 16.3. The molecule has 0 radical (unpaired) electrons. The smallest absolute Gasteiger partial charge is 0.181 e. The summed E-state index contributed by atoms with van der Waals surface area (Å²) in [6, 6.07) is 3.94. The van der Waals surface area contributed by atoms with Crippen LogP contribution in [0, 0.1) is 6.92 Å². The van der Waals surface area contributed by atoms with Crippen LogP contribution in [0.4, 0.5) is 0 Å². The molecule has 0 aliphatic rings. The van der Waals surface area contributed by atoms with Crippen LogP contribution in [0.2, 0.25) is 0 Å². The summed E-state index contributed by atoms with van der Waals surface area (Å²) in [6.45, 7) is 10.2. The highest BCUT2D eigenvalue weighted by Crippen LogP contribution is 2.20. The molecular formula is C20H25N7O. The molecule has 0 atom stereocenters. The minimum atomic E-state index is 0.437. The van der Waals surface area contributed by atoms with Gasteiger partial charge in [-0.2, -0.15) is 20.4 Å². The van der Waals surface area contributed by atoms with Crippen molar-refractivity contribution in [1.82, 2.24) is 35.6 Å². The number of H-pyrrole nitrogens is 1. The molecule has 28 heavy (non-hydrogen) atoms. The predicted octanol–water partition coefficient (Wildman–Crippen LogP) is 4.46. The van der Waals surface area contributed by atoms with E-state index in [2.05, 4.69) is 49.4 Å². The van der Waals surface area contributed by atoms with E-state index in [1.54, 1.807) is 31.0 Å². The predicted molar refractivity (Wildman–Crippen MR) is 107 cm³/mol. The molecule has 0 bridgehead atoms. The Morgan fingerprint density at radius 1 is 0.929 bits per heavy atom. The molecule has 0 aliphatic carbocycles. The van der Waals surface area contributed by atoms with Crippen LogP contribution < -0.4 is 0 Å². The number of nitrogens with zero attached hydrogens (tertiary/aromatic N) is 6. The molecule has 0 saturated heterocycles. The zero-order valence-electron chi connectivity index (χ0n) is 16.8. The number of oxazole rings is 1. The lowest BCUT2D eigenvalue weighted by molar-refractivity contribution is 0.568. The summed E-state index contributed by atoms with van der Waals surface area (Å²) in [7, 11) is 0. The van der Waals surface area contributed by atoms with Crippen molar-refractivity contribution in [3.8, 4) is 22.7 Å². The van der Waals surface area contributed by atoms with Crippen molar-refractivity contribution in [2.24, 2.45) is 0 Å². The van der Waals surface area contributed by atoms with Crippen molar-refractivity contribution in [2.45, 2.75) is 40.5 Å². The first-order valence-electron chi connectivity index (χ1n) is 9.13. The lowest BCUT2D eigenvalue weighted by Gasteiger charge is -2.03. The van der Waals surface area contributed by atoms with Gasteiger partial charge >= 0.3 is 0 Å². The quantitative estimate of drug-likeness (QED) is 0.560. The first-order valence-corrected chi connectivity index (χ1v) is 9.13. The van der Waals surface area contributed by atoms with Gasteiger partial charge in [-0.15, -0.1) is 5.10 Å². The van der Waals surface area contributed by atoms with Gasteiger partial charge in [-0.1, -0.05) is 27.7 Å². The van der Waals surface area contributed by atoms with Crippen molar-refractivity contribution in [3.63, 3.8) is 0 Å². The summed E-state index contributed by atoms with van der Waals surface area (Å²) in [5.74, 6) is 1.09. The lowest BCUT2D eigenvalue weighted by Crippen LogP contribution is -1.93. The second-order valence-electron chi connectivity index (χ2n) is 6.00. The van der Waals surface area contributed by atoms with E-state index in [1.807, 2.05) is 32.9 Å². The van der Waals surface area contributed by atoms with Gasteiger partial charge in [0.2, 0.25) is 0 Å². The molecule has 0 spiro atoms. The first-order chi connectivity index (χ1) is 13.6. The van der Waals surface area contributed by atoms with Crippen LogP contribution in [-0.2, 0) is 0 Å². The zero-order chi connectivity index (χ0) is 20.4. The van der Waals surface area contributed by atoms with E-state index in [-0.39, 0.29) is 0 Å². The molecule has 0 amide bonds. The van der Waals surface area contributed by atoms with Gasteiger partial charge in [0.05, 0.1) is 30.5 Å². The maximum atomic E-state index is 5.14. The van der Waals surface area contributed by atoms with Crippen LogP contribution in [-0.4, -0.2) is 35.6 Å². The van der Waals surface area contributed by atoms with Crippen molar-refractivity contribution in [2.75, 3.05) is 0 Å². The Morgan fingerprint density at radius 2 is 1.68 bits per heavy atom. The number of hydrogen-bond donors (Lipinski definition) is 1. The number of hydrogen-bond acceptors (Lipinski definition) is 7. The molecule has 0 saturated carbocycles. The van der Waals surface area contributed by atoms with E-state index >= 15 is 0 Å². The average molecular weight is 379 g/mol. The summed E-state index contributed by atoms with van der Waals surface area (Å²) in [6.07, 6.45) is 10.0. The maximum absolute atomic E-state index is 5.14. The van der Waals surface area contributed by atoms with Crippen LogP contribution in [0.25, 0.3) is 22.7 Å². The Hall–Kier alpha value is -3.42. The molecule has 8 nitrogen and oxygen atoms in total. The molecule has 4 rings (SSSR count). The molecule has 4 aromatic heterocycles. The van der Waals surface area contributed by atoms with Crippen LogP contribution in [0.15, 0.2) is 53.9 Å². The fourth-order valence-electron chi connectivity index (χ4n) is 2.16. The molecule has 4 aromatic rings. The van der Waals surface area contributed by atoms with Gasteiger partial charge in [-0.3, -0.25) is 5.10 Å². The number of aromatic amines is 1. The topological polar surface area (TPSA) is 106 Å². The summed E-state index contributed by atoms with van der Waals surface area (Å²) < 4.78 is 5.14. The summed E-state index contributed by atoms with van der Waals surface area (Å²) in [5, 5.41) is 22.3. The molecule has 4 heterocycles. The minimum absolute atomic E-state index is 0.437. The Balaban J connectivity index is 0.000000186. The minimum Gasteiger partial charge on any atom is -0.442 e. The number of nitrogens with one attached hydrogen (secondary N) is 1. The van der Waals surface area contributed by atoms with E-state index < -0.39 is 0 Å². The van der Waals surface area contributed by atoms with Gasteiger partial charge < -0.3 is 4.42 Å². The molecular weight excluding hydrogens is 354 g/mol. The van der Waals surface area contributed by atoms with E-state index in [9.17, 15) is 0 Å². The first kappa shape index (κ1) is 20.9. The maximum Gasteiger partial charge on any atom is 0.181 e. The monoisotopic (exact) mass is 379 g/mol. The standard InChI is InChI=1S/C10H11N3O.C8H8N4.C2H6/c1-7(2)8-3-9(13-12-4-8)10-5-11-6-14-10;1-6-2-8(12-11-3-6)7-4-9-10-5-7;1-2/h3-7H,1-2H3;2-5H,1H3,(H,9,10);1-2H3. The largest absolute Gasteiger partial charge is 0.442 e. The fourth-order valence-corrected chi connectivity index (χ4v) is 2.16. The summed E-state index contributed by atoms with van der Waals surface area (Å²) in [5.41, 5.74) is 4.79. The molecule has 0 aliphatic heterocycles. The third kappa shape index (κ3) is 5.80. The van der Waals surface area contributed by atoms with Gasteiger partial charge in [0.1, 0.15) is 5.69 Å². The number of aromatic nitrogens is 7. The molecule has 0 fully saturated rings. The van der Waals surface area contributed by atoms with E-state index in [1.165, 1.54) is 6.39 Å². The molecule has 8 heteroatoms. The van der Waals surface area contributed by atoms with Gasteiger partial charge in [0.15, 0.2) is 12.2 Å². The fraction of sp³-hybridized carbons (Fsp3) is 0.300. The second kappa shape index (κ2) is 10.7. The van der Waals surface area contributed by atoms with E-state index in [0.29, 0.717) is 11.7 Å². The Labute approximate surface area is 164 Å². The van der Waals surface area contributed by atoms with Gasteiger partial charge in [0.25, 0.3) is 0 Å². The molecule has 146 valence electrons.